The highest BCUT2D eigenvalue weighted by atomic mass is 16.5. The summed E-state index contributed by atoms with van der Waals surface area (Å²) in [7, 11) is 1.59. The van der Waals surface area contributed by atoms with Crippen LogP contribution in [0.3, 0.4) is 0 Å². The molecule has 0 bridgehead atoms. The lowest BCUT2D eigenvalue weighted by Crippen LogP contribution is -1.91. The van der Waals surface area contributed by atoms with Gasteiger partial charge in [-0.2, -0.15) is 0 Å². The van der Waals surface area contributed by atoms with E-state index in [-0.39, 0.29) is 0 Å². The van der Waals surface area contributed by atoms with Crippen molar-refractivity contribution in [2.24, 2.45) is 0 Å². The molecule has 2 aromatic rings. The number of anilines is 1. The SMILES string of the molecule is COc1cc2nc[nH]c2cc1N. The molecule has 1 aromatic heterocycles. The van der Waals surface area contributed by atoms with Crippen molar-refractivity contribution in [1.82, 2.24) is 9.97 Å². The van der Waals surface area contributed by atoms with Gasteiger partial charge in [0.05, 0.1) is 30.2 Å². The van der Waals surface area contributed by atoms with E-state index in [2.05, 4.69) is 9.97 Å². The molecule has 0 aliphatic rings. The molecular weight excluding hydrogens is 154 g/mol. The van der Waals surface area contributed by atoms with Gasteiger partial charge in [0.25, 0.3) is 0 Å². The van der Waals surface area contributed by atoms with Crippen molar-refractivity contribution in [2.45, 2.75) is 0 Å². The molecule has 3 N–H and O–H groups in total. The van der Waals surface area contributed by atoms with Crippen LogP contribution in [0.25, 0.3) is 11.0 Å². The first-order chi connectivity index (χ1) is 5.81. The van der Waals surface area contributed by atoms with Gasteiger partial charge in [-0.1, -0.05) is 0 Å². The smallest absolute Gasteiger partial charge is 0.144 e. The fourth-order valence-corrected chi connectivity index (χ4v) is 1.16. The zero-order chi connectivity index (χ0) is 8.55. The number of imidazole rings is 1. The van der Waals surface area contributed by atoms with E-state index in [1.807, 2.05) is 0 Å². The van der Waals surface area contributed by atoms with Crippen LogP contribution in [0.5, 0.6) is 5.75 Å². The Morgan fingerprint density at radius 1 is 1.50 bits per heavy atom. The fraction of sp³-hybridized carbons (Fsp3) is 0.125. The first kappa shape index (κ1) is 6.97. The predicted molar refractivity (Wildman–Crippen MR) is 47.1 cm³/mol. The Bertz CT molecular complexity index is 408. The van der Waals surface area contributed by atoms with Gasteiger partial charge < -0.3 is 15.5 Å². The van der Waals surface area contributed by atoms with Crippen molar-refractivity contribution >= 4 is 16.7 Å². The van der Waals surface area contributed by atoms with Crippen LogP contribution in [0.15, 0.2) is 18.5 Å². The molecule has 4 heteroatoms. The third-order valence-electron chi connectivity index (χ3n) is 1.77. The van der Waals surface area contributed by atoms with Crippen LogP contribution in [-0.4, -0.2) is 17.1 Å². The van der Waals surface area contributed by atoms with Crippen LogP contribution in [0.4, 0.5) is 5.69 Å². The van der Waals surface area contributed by atoms with E-state index in [4.69, 9.17) is 10.5 Å². The van der Waals surface area contributed by atoms with Gasteiger partial charge in [0.1, 0.15) is 5.75 Å². The van der Waals surface area contributed by atoms with Crippen molar-refractivity contribution in [3.05, 3.63) is 18.5 Å². The number of aromatic nitrogens is 2. The van der Waals surface area contributed by atoms with Crippen molar-refractivity contribution in [3.8, 4) is 5.75 Å². The van der Waals surface area contributed by atoms with Crippen LogP contribution < -0.4 is 10.5 Å². The van der Waals surface area contributed by atoms with Crippen molar-refractivity contribution in [2.75, 3.05) is 12.8 Å². The Kier molecular flexibility index (Phi) is 1.40. The summed E-state index contributed by atoms with van der Waals surface area (Å²) in [5.41, 5.74) is 8.09. The summed E-state index contributed by atoms with van der Waals surface area (Å²) in [6.45, 7) is 0. The summed E-state index contributed by atoms with van der Waals surface area (Å²) >= 11 is 0. The van der Waals surface area contributed by atoms with Gasteiger partial charge in [-0.25, -0.2) is 4.98 Å². The molecule has 0 unspecified atom stereocenters. The second-order valence-electron chi connectivity index (χ2n) is 2.51. The van der Waals surface area contributed by atoms with Gasteiger partial charge in [-0.3, -0.25) is 0 Å². The van der Waals surface area contributed by atoms with E-state index in [9.17, 15) is 0 Å². The normalized spacial score (nSPS) is 10.4. The zero-order valence-electron chi connectivity index (χ0n) is 6.66. The number of hydrogen-bond donors (Lipinski definition) is 2. The molecule has 0 fully saturated rings. The van der Waals surface area contributed by atoms with Crippen LogP contribution in [0, 0.1) is 0 Å². The number of fused-ring (bicyclic) bond motifs is 1. The highest BCUT2D eigenvalue weighted by Crippen LogP contribution is 2.25. The van der Waals surface area contributed by atoms with Gasteiger partial charge in [0, 0.05) is 6.07 Å². The number of nitrogens with two attached hydrogens (primary N) is 1. The number of nitrogens with one attached hydrogen (secondary N) is 1. The molecule has 0 atom stereocenters. The molecule has 0 aliphatic heterocycles. The molecule has 1 aromatic carbocycles. The van der Waals surface area contributed by atoms with Gasteiger partial charge in [-0.05, 0) is 6.07 Å². The first-order valence-corrected chi connectivity index (χ1v) is 3.58. The Hall–Kier alpha value is -1.71. The largest absolute Gasteiger partial charge is 0.495 e. The minimum Gasteiger partial charge on any atom is -0.495 e. The topological polar surface area (TPSA) is 63.9 Å². The van der Waals surface area contributed by atoms with Crippen LogP contribution >= 0.6 is 0 Å². The first-order valence-electron chi connectivity index (χ1n) is 3.58. The zero-order valence-corrected chi connectivity index (χ0v) is 6.66. The second-order valence-corrected chi connectivity index (χ2v) is 2.51. The molecule has 0 saturated carbocycles. The Morgan fingerprint density at radius 3 is 3.08 bits per heavy atom. The highest BCUT2D eigenvalue weighted by Gasteiger charge is 2.02. The summed E-state index contributed by atoms with van der Waals surface area (Å²) in [4.78, 5) is 7.04. The predicted octanol–water partition coefficient (Wildman–Crippen LogP) is 1.15. The number of nitrogens with zero attached hydrogens (tertiary/aromatic N) is 1. The molecule has 0 amide bonds. The number of benzene rings is 1. The Labute approximate surface area is 69.4 Å². The van der Waals surface area contributed by atoms with E-state index in [1.54, 1.807) is 25.6 Å². The minimum atomic E-state index is 0.620. The lowest BCUT2D eigenvalue weighted by molar-refractivity contribution is 0.417. The molecule has 0 spiro atoms. The van der Waals surface area contributed by atoms with Gasteiger partial charge >= 0.3 is 0 Å². The molecule has 62 valence electrons. The number of methoxy groups -OCH3 is 1. The number of H-pyrrole nitrogens is 1. The van der Waals surface area contributed by atoms with Gasteiger partial charge in [0.15, 0.2) is 0 Å². The highest BCUT2D eigenvalue weighted by molar-refractivity contribution is 5.81. The van der Waals surface area contributed by atoms with E-state index in [1.165, 1.54) is 0 Å². The van der Waals surface area contributed by atoms with Crippen molar-refractivity contribution in [1.29, 1.82) is 0 Å². The number of nitrogen functional groups attached to an aromatic ring is 1. The Morgan fingerprint density at radius 2 is 2.33 bits per heavy atom. The van der Waals surface area contributed by atoms with E-state index >= 15 is 0 Å². The summed E-state index contributed by atoms with van der Waals surface area (Å²) in [6, 6.07) is 3.61. The molecule has 0 aliphatic carbocycles. The lowest BCUT2D eigenvalue weighted by atomic mass is 10.2. The molecule has 0 saturated heterocycles. The molecular formula is C8H9N3O. The summed E-state index contributed by atoms with van der Waals surface area (Å²) in [5, 5.41) is 0. The average Bonchev–Trinajstić information content (AvgIpc) is 2.49. The maximum Gasteiger partial charge on any atom is 0.144 e. The Balaban J connectivity index is 2.73. The summed E-state index contributed by atoms with van der Waals surface area (Å²) in [6.07, 6.45) is 1.63. The minimum absolute atomic E-state index is 0.620. The molecule has 1 heterocycles. The van der Waals surface area contributed by atoms with Crippen molar-refractivity contribution < 1.29 is 4.74 Å². The fourth-order valence-electron chi connectivity index (χ4n) is 1.16. The monoisotopic (exact) mass is 163 g/mol. The number of aromatic amines is 1. The van der Waals surface area contributed by atoms with Crippen molar-refractivity contribution in [3.63, 3.8) is 0 Å². The molecule has 0 radical (unpaired) electrons. The van der Waals surface area contributed by atoms with E-state index in [0.29, 0.717) is 11.4 Å². The lowest BCUT2D eigenvalue weighted by Gasteiger charge is -2.02. The standard InChI is InChI=1S/C8H9N3O/c1-12-8-3-7-6(2-5(8)9)10-4-11-7/h2-4H,9H2,1H3,(H,10,11). The average molecular weight is 163 g/mol. The van der Waals surface area contributed by atoms with Crippen LogP contribution in [0.1, 0.15) is 0 Å². The number of hydrogen-bond acceptors (Lipinski definition) is 3. The third kappa shape index (κ3) is 0.887. The van der Waals surface area contributed by atoms with Gasteiger partial charge in [0.2, 0.25) is 0 Å². The quantitative estimate of drug-likeness (QED) is 0.620. The maximum absolute atomic E-state index is 5.68. The molecule has 2 rings (SSSR count). The second kappa shape index (κ2) is 2.41. The van der Waals surface area contributed by atoms with Crippen LogP contribution in [-0.2, 0) is 0 Å². The van der Waals surface area contributed by atoms with Gasteiger partial charge in [-0.15, -0.1) is 0 Å². The molecule has 4 nitrogen and oxygen atoms in total. The van der Waals surface area contributed by atoms with E-state index < -0.39 is 0 Å². The number of ether oxygens (including phenoxy) is 1. The third-order valence-corrected chi connectivity index (χ3v) is 1.77. The van der Waals surface area contributed by atoms with Crippen LogP contribution in [0.2, 0.25) is 0 Å². The maximum atomic E-state index is 5.68. The summed E-state index contributed by atoms with van der Waals surface area (Å²) < 4.78 is 5.04. The summed E-state index contributed by atoms with van der Waals surface area (Å²) in [5.74, 6) is 0.662. The van der Waals surface area contributed by atoms with E-state index in [0.717, 1.165) is 11.0 Å². The number of rotatable bonds is 1. The molecule has 12 heavy (non-hydrogen) atoms.